The number of hydrogen-bond donors (Lipinski definition) is 2. The number of nitrogens with one attached hydrogen (secondary N) is 2. The smallest absolute Gasteiger partial charge is 0.190 e. The van der Waals surface area contributed by atoms with Crippen LogP contribution < -0.4 is 10.6 Å². The van der Waals surface area contributed by atoms with E-state index in [0.717, 1.165) is 38.5 Å². The molecule has 0 aromatic heterocycles. The van der Waals surface area contributed by atoms with Crippen LogP contribution in [0.4, 0.5) is 0 Å². The fraction of sp³-hybridized carbons (Fsp3) is 0.588. The Bertz CT molecular complexity index is 418. The van der Waals surface area contributed by atoms with E-state index in [9.17, 15) is 0 Å². The number of rotatable bonds is 10. The van der Waals surface area contributed by atoms with Gasteiger partial charge in [-0.3, -0.25) is 4.99 Å². The molecule has 4 nitrogen and oxygen atoms in total. The number of ether oxygens (including phenoxy) is 1. The van der Waals surface area contributed by atoms with Crippen LogP contribution in [0.1, 0.15) is 31.4 Å². The first kappa shape index (κ1) is 22.5. The van der Waals surface area contributed by atoms with Gasteiger partial charge in [0.1, 0.15) is 0 Å². The highest BCUT2D eigenvalue weighted by Gasteiger charge is 2.04. The van der Waals surface area contributed by atoms with Gasteiger partial charge in [0.25, 0.3) is 0 Å². The molecule has 0 aliphatic carbocycles. The van der Waals surface area contributed by atoms with Gasteiger partial charge in [-0.25, -0.2) is 0 Å². The van der Waals surface area contributed by atoms with Crippen LogP contribution in [0.2, 0.25) is 0 Å². The molecule has 0 aliphatic rings. The Hall–Kier alpha value is -0.470. The lowest BCUT2D eigenvalue weighted by molar-refractivity contribution is 0.0646. The van der Waals surface area contributed by atoms with Crippen LogP contribution in [0.5, 0.6) is 0 Å². The number of guanidine groups is 1. The maximum absolute atomic E-state index is 5.85. The van der Waals surface area contributed by atoms with Crippen molar-refractivity contribution >= 4 is 41.7 Å². The minimum atomic E-state index is 0. The normalized spacial score (nSPS) is 12.4. The SMILES string of the molecule is CN=C(NCCCOC(C)c1ccccc1)NCCCSC.I. The fourth-order valence-corrected chi connectivity index (χ4v) is 2.44. The van der Waals surface area contributed by atoms with Crippen LogP contribution in [-0.4, -0.2) is 44.7 Å². The molecule has 1 aromatic carbocycles. The molecule has 1 rings (SSSR count). The highest BCUT2D eigenvalue weighted by atomic mass is 127. The summed E-state index contributed by atoms with van der Waals surface area (Å²) in [4.78, 5) is 4.21. The molecule has 23 heavy (non-hydrogen) atoms. The van der Waals surface area contributed by atoms with Gasteiger partial charge >= 0.3 is 0 Å². The van der Waals surface area contributed by atoms with Gasteiger partial charge in [-0.05, 0) is 37.3 Å². The number of halogens is 1. The molecule has 1 aromatic rings. The van der Waals surface area contributed by atoms with Crippen molar-refractivity contribution in [2.45, 2.75) is 25.9 Å². The molecule has 0 amide bonds. The molecule has 1 unspecified atom stereocenters. The van der Waals surface area contributed by atoms with Crippen molar-refractivity contribution in [1.82, 2.24) is 10.6 Å². The average Bonchev–Trinajstić information content (AvgIpc) is 2.57. The zero-order valence-electron chi connectivity index (χ0n) is 14.4. The molecule has 0 spiro atoms. The molecule has 0 aliphatic heterocycles. The van der Waals surface area contributed by atoms with Gasteiger partial charge in [0.2, 0.25) is 0 Å². The molecule has 6 heteroatoms. The second-order valence-electron chi connectivity index (χ2n) is 5.05. The number of hydrogen-bond acceptors (Lipinski definition) is 3. The van der Waals surface area contributed by atoms with Crippen LogP contribution in [-0.2, 0) is 4.74 Å². The van der Waals surface area contributed by atoms with E-state index in [4.69, 9.17) is 4.74 Å². The summed E-state index contributed by atoms with van der Waals surface area (Å²) in [5.41, 5.74) is 1.22. The third-order valence-corrected chi connectivity index (χ3v) is 3.99. The Morgan fingerprint density at radius 3 is 2.43 bits per heavy atom. The molecule has 0 heterocycles. The Balaban J connectivity index is 0.00000484. The van der Waals surface area contributed by atoms with Crippen molar-refractivity contribution in [3.05, 3.63) is 35.9 Å². The van der Waals surface area contributed by atoms with Gasteiger partial charge in [-0.1, -0.05) is 30.3 Å². The van der Waals surface area contributed by atoms with Crippen molar-refractivity contribution in [3.8, 4) is 0 Å². The Morgan fingerprint density at radius 2 is 1.83 bits per heavy atom. The summed E-state index contributed by atoms with van der Waals surface area (Å²) in [6.07, 6.45) is 4.39. The maximum atomic E-state index is 5.85. The van der Waals surface area contributed by atoms with Crippen molar-refractivity contribution in [3.63, 3.8) is 0 Å². The largest absolute Gasteiger partial charge is 0.374 e. The van der Waals surface area contributed by atoms with Crippen LogP contribution in [0.3, 0.4) is 0 Å². The third-order valence-electron chi connectivity index (χ3n) is 3.29. The second kappa shape index (κ2) is 15.1. The lowest BCUT2D eigenvalue weighted by atomic mass is 10.1. The monoisotopic (exact) mass is 451 g/mol. The van der Waals surface area contributed by atoms with E-state index in [2.05, 4.69) is 40.9 Å². The van der Waals surface area contributed by atoms with E-state index in [1.54, 1.807) is 7.05 Å². The van der Waals surface area contributed by atoms with E-state index in [-0.39, 0.29) is 30.1 Å². The molecule has 0 bridgehead atoms. The molecule has 2 N–H and O–H groups in total. The van der Waals surface area contributed by atoms with Crippen molar-refractivity contribution in [1.29, 1.82) is 0 Å². The van der Waals surface area contributed by atoms with Gasteiger partial charge in [-0.15, -0.1) is 24.0 Å². The Kier molecular flexibility index (Phi) is 14.8. The first-order valence-corrected chi connectivity index (χ1v) is 9.27. The molecule has 0 fully saturated rings. The van der Waals surface area contributed by atoms with E-state index >= 15 is 0 Å². The number of nitrogens with zero attached hydrogens (tertiary/aromatic N) is 1. The lowest BCUT2D eigenvalue weighted by Crippen LogP contribution is -2.38. The van der Waals surface area contributed by atoms with E-state index in [0.29, 0.717) is 0 Å². The summed E-state index contributed by atoms with van der Waals surface area (Å²) in [5, 5.41) is 6.63. The predicted octanol–water partition coefficient (Wildman–Crippen LogP) is 3.69. The number of benzene rings is 1. The minimum absolute atomic E-state index is 0. The Labute approximate surface area is 162 Å². The lowest BCUT2D eigenvalue weighted by Gasteiger charge is -2.14. The van der Waals surface area contributed by atoms with Crippen molar-refractivity contribution in [2.24, 2.45) is 4.99 Å². The summed E-state index contributed by atoms with van der Waals surface area (Å²) in [7, 11) is 1.80. The van der Waals surface area contributed by atoms with Crippen LogP contribution in [0.25, 0.3) is 0 Å². The third kappa shape index (κ3) is 10.8. The quantitative estimate of drug-likeness (QED) is 0.247. The highest BCUT2D eigenvalue weighted by molar-refractivity contribution is 14.0. The maximum Gasteiger partial charge on any atom is 0.190 e. The minimum Gasteiger partial charge on any atom is -0.374 e. The predicted molar refractivity (Wildman–Crippen MR) is 113 cm³/mol. The Morgan fingerprint density at radius 1 is 1.17 bits per heavy atom. The zero-order chi connectivity index (χ0) is 16.0. The zero-order valence-corrected chi connectivity index (χ0v) is 17.5. The molecule has 1 atom stereocenters. The average molecular weight is 451 g/mol. The number of aliphatic imine (C=N–C) groups is 1. The molecule has 0 radical (unpaired) electrons. The molecule has 0 saturated carbocycles. The first-order valence-electron chi connectivity index (χ1n) is 7.88. The summed E-state index contributed by atoms with van der Waals surface area (Å²) >= 11 is 1.87. The van der Waals surface area contributed by atoms with E-state index < -0.39 is 0 Å². The van der Waals surface area contributed by atoms with Gasteiger partial charge in [0.05, 0.1) is 6.10 Å². The van der Waals surface area contributed by atoms with Crippen molar-refractivity contribution < 1.29 is 4.74 Å². The van der Waals surface area contributed by atoms with E-state index in [1.807, 2.05) is 30.0 Å². The molecule has 132 valence electrons. The summed E-state index contributed by atoms with van der Waals surface area (Å²) in [6.45, 7) is 4.66. The summed E-state index contributed by atoms with van der Waals surface area (Å²) in [6, 6.07) is 10.3. The number of thioether (sulfide) groups is 1. The fourth-order valence-electron chi connectivity index (χ4n) is 2.00. The van der Waals surface area contributed by atoms with Gasteiger partial charge in [0.15, 0.2) is 5.96 Å². The molecular formula is C17H30IN3OS. The van der Waals surface area contributed by atoms with Crippen LogP contribution in [0.15, 0.2) is 35.3 Å². The first-order chi connectivity index (χ1) is 10.8. The van der Waals surface area contributed by atoms with Gasteiger partial charge in [0, 0.05) is 26.7 Å². The second-order valence-corrected chi connectivity index (χ2v) is 6.03. The highest BCUT2D eigenvalue weighted by Crippen LogP contribution is 2.15. The summed E-state index contributed by atoms with van der Waals surface area (Å²) in [5.74, 6) is 2.05. The van der Waals surface area contributed by atoms with Gasteiger partial charge in [-0.2, -0.15) is 11.8 Å². The standard InChI is InChI=1S/C17H29N3OS.HI/c1-15(16-9-5-4-6-10-16)21-13-7-11-19-17(18-2)20-12-8-14-22-3;/h4-6,9-10,15H,7-8,11-14H2,1-3H3,(H2,18,19,20);1H. The molecule has 0 saturated heterocycles. The van der Waals surface area contributed by atoms with Crippen molar-refractivity contribution in [2.75, 3.05) is 38.8 Å². The van der Waals surface area contributed by atoms with Crippen LogP contribution >= 0.6 is 35.7 Å². The molecular weight excluding hydrogens is 421 g/mol. The summed E-state index contributed by atoms with van der Waals surface area (Å²) < 4.78 is 5.85. The topological polar surface area (TPSA) is 45.7 Å². The van der Waals surface area contributed by atoms with Crippen LogP contribution in [0, 0.1) is 0 Å². The van der Waals surface area contributed by atoms with E-state index in [1.165, 1.54) is 11.3 Å². The van der Waals surface area contributed by atoms with Gasteiger partial charge < -0.3 is 15.4 Å².